The number of hydrogen-bond donors (Lipinski definition) is 2. The third-order valence-electron chi connectivity index (χ3n) is 9.33. The van der Waals surface area contributed by atoms with Crippen LogP contribution in [0.5, 0.6) is 17.2 Å². The van der Waals surface area contributed by atoms with Gasteiger partial charge >= 0.3 is 0 Å². The van der Waals surface area contributed by atoms with Crippen molar-refractivity contribution in [2.24, 2.45) is 0 Å². The summed E-state index contributed by atoms with van der Waals surface area (Å²) in [6.45, 7) is 2.05. The Hall–Kier alpha value is -4.78. The van der Waals surface area contributed by atoms with Gasteiger partial charge in [0, 0.05) is 25.2 Å². The predicted molar refractivity (Wildman–Crippen MR) is 190 cm³/mol. The van der Waals surface area contributed by atoms with Gasteiger partial charge in [-0.1, -0.05) is 12.1 Å². The average molecular weight is 687 g/mol. The summed E-state index contributed by atoms with van der Waals surface area (Å²) in [7, 11) is 4.69. The Morgan fingerprint density at radius 1 is 1.04 bits per heavy atom. The summed E-state index contributed by atoms with van der Waals surface area (Å²) in [5, 5.41) is 15.2. The third-order valence-corrected chi connectivity index (χ3v) is 9.97. The van der Waals surface area contributed by atoms with Crippen molar-refractivity contribution in [3.63, 3.8) is 0 Å². The number of fused-ring (bicyclic) bond motifs is 4. The lowest BCUT2D eigenvalue weighted by Gasteiger charge is -2.29. The molecule has 3 atom stereocenters. The standard InChI is InChI=1S/C36H42N6O6S/c1-21(43)37-25-13-11-22-19-30(46-2)33(47-3)34(48-4)32(22)23-12-14-26(29(44)20-24(23)25)38-27(15-18-49-5)36(45)41-17-8-9-28(41)35-40-39-31-10-6-7-16-42(31)35/h6-7,10,12,14,16,19-20,25,27-28H,8-9,11,13,15,17-18H2,1-5H3,(H,37,43)(H,38,44)/t25-,27-,28?/m0/s1. The number of amides is 2. The van der Waals surface area contributed by atoms with Crippen LogP contribution < -0.4 is 30.3 Å². The van der Waals surface area contributed by atoms with Gasteiger partial charge in [0.25, 0.3) is 0 Å². The minimum absolute atomic E-state index is 0.0864. The SMILES string of the molecule is COc1cc2c(c(OC)c1OC)-c1ccc(N[C@@H](CCSC)C(=O)N3CCCC3c3nnc4ccccn34)c(=O)cc1[C@@H](NC(C)=O)CC2. The van der Waals surface area contributed by atoms with E-state index in [1.54, 1.807) is 45.2 Å². The number of rotatable bonds is 11. The summed E-state index contributed by atoms with van der Waals surface area (Å²) in [6.07, 6.45) is 7.19. The molecule has 12 nitrogen and oxygen atoms in total. The molecule has 1 aliphatic carbocycles. The van der Waals surface area contributed by atoms with Crippen LogP contribution in [-0.2, 0) is 16.0 Å². The Morgan fingerprint density at radius 3 is 2.59 bits per heavy atom. The molecule has 0 spiro atoms. The van der Waals surface area contributed by atoms with Gasteiger partial charge < -0.3 is 29.7 Å². The molecule has 2 N–H and O–H groups in total. The van der Waals surface area contributed by atoms with Crippen molar-refractivity contribution < 1.29 is 23.8 Å². The number of anilines is 1. The van der Waals surface area contributed by atoms with Gasteiger partial charge in [0.1, 0.15) is 6.04 Å². The third kappa shape index (κ3) is 6.63. The number of ether oxygens (including phenoxy) is 3. The molecule has 6 rings (SSSR count). The first kappa shape index (κ1) is 34.1. The molecular formula is C36H42N6O6S. The van der Waals surface area contributed by atoms with Crippen LogP contribution in [0.1, 0.15) is 61.6 Å². The number of nitrogens with zero attached hydrogens (tertiary/aromatic N) is 4. The molecule has 1 saturated heterocycles. The van der Waals surface area contributed by atoms with Crippen molar-refractivity contribution in [3.05, 3.63) is 75.8 Å². The summed E-state index contributed by atoms with van der Waals surface area (Å²) < 4.78 is 19.2. The number of benzene rings is 1. The minimum atomic E-state index is -0.653. The number of carbonyl (C=O) groups is 2. The molecule has 258 valence electrons. The van der Waals surface area contributed by atoms with Crippen LogP contribution in [0, 0.1) is 0 Å². The second kappa shape index (κ2) is 14.8. The van der Waals surface area contributed by atoms with Crippen molar-refractivity contribution in [2.45, 2.75) is 57.2 Å². The van der Waals surface area contributed by atoms with E-state index < -0.39 is 12.1 Å². The maximum Gasteiger partial charge on any atom is 0.245 e. The lowest BCUT2D eigenvalue weighted by Crippen LogP contribution is -2.44. The highest BCUT2D eigenvalue weighted by atomic mass is 32.2. The van der Waals surface area contributed by atoms with Crippen LogP contribution >= 0.6 is 11.8 Å². The van der Waals surface area contributed by atoms with Crippen LogP contribution in [-0.4, -0.2) is 77.2 Å². The molecule has 2 aliphatic rings. The van der Waals surface area contributed by atoms with Gasteiger partial charge in [0.05, 0.1) is 39.1 Å². The van der Waals surface area contributed by atoms with Gasteiger partial charge in [-0.3, -0.25) is 18.8 Å². The number of carbonyl (C=O) groups excluding carboxylic acids is 2. The van der Waals surface area contributed by atoms with Gasteiger partial charge in [-0.2, -0.15) is 11.8 Å². The number of pyridine rings is 1. The van der Waals surface area contributed by atoms with Gasteiger partial charge in [-0.05, 0) is 91.1 Å². The number of thioether (sulfide) groups is 1. The van der Waals surface area contributed by atoms with E-state index in [2.05, 4.69) is 20.8 Å². The molecule has 1 aliphatic heterocycles. The molecule has 0 bridgehead atoms. The van der Waals surface area contributed by atoms with Crippen LogP contribution in [0.25, 0.3) is 16.8 Å². The van der Waals surface area contributed by atoms with E-state index in [0.29, 0.717) is 54.3 Å². The maximum absolute atomic E-state index is 14.3. The molecule has 0 saturated carbocycles. The quantitative estimate of drug-likeness (QED) is 0.226. The normalized spacial score (nSPS) is 17.4. The van der Waals surface area contributed by atoms with Crippen molar-refractivity contribution >= 4 is 34.9 Å². The zero-order chi connectivity index (χ0) is 34.7. The Labute approximate surface area is 289 Å². The zero-order valence-corrected chi connectivity index (χ0v) is 29.3. The van der Waals surface area contributed by atoms with E-state index in [9.17, 15) is 14.4 Å². The second-order valence-electron chi connectivity index (χ2n) is 12.3. The number of hydrogen-bond acceptors (Lipinski definition) is 10. The van der Waals surface area contributed by atoms with Crippen LogP contribution in [0.2, 0.25) is 0 Å². The van der Waals surface area contributed by atoms with Crippen LogP contribution in [0.4, 0.5) is 5.69 Å². The van der Waals surface area contributed by atoms with Gasteiger partial charge in [-0.15, -0.1) is 10.2 Å². The number of aryl methyl sites for hydroxylation is 1. The molecule has 49 heavy (non-hydrogen) atoms. The first-order valence-corrected chi connectivity index (χ1v) is 17.8. The highest BCUT2D eigenvalue weighted by Gasteiger charge is 2.37. The van der Waals surface area contributed by atoms with E-state index in [0.717, 1.165) is 46.8 Å². The smallest absolute Gasteiger partial charge is 0.245 e. The molecule has 3 heterocycles. The predicted octanol–water partition coefficient (Wildman–Crippen LogP) is 4.80. The van der Waals surface area contributed by atoms with Crippen molar-refractivity contribution in [1.29, 1.82) is 0 Å². The van der Waals surface area contributed by atoms with Crippen LogP contribution in [0.3, 0.4) is 0 Å². The number of likely N-dealkylation sites (tertiary alicyclic amines) is 1. The fourth-order valence-electron chi connectivity index (χ4n) is 7.09. The Bertz CT molecular complexity index is 1930. The van der Waals surface area contributed by atoms with Crippen LogP contribution in [0.15, 0.2) is 53.5 Å². The lowest BCUT2D eigenvalue weighted by atomic mass is 9.95. The summed E-state index contributed by atoms with van der Waals surface area (Å²) in [5.74, 6) is 2.59. The van der Waals surface area contributed by atoms with Gasteiger partial charge in [0.2, 0.25) is 23.0 Å². The molecule has 0 radical (unpaired) electrons. The van der Waals surface area contributed by atoms with Crippen molar-refractivity contribution in [3.8, 4) is 28.4 Å². The van der Waals surface area contributed by atoms with E-state index in [1.165, 1.54) is 6.92 Å². The lowest BCUT2D eigenvalue weighted by molar-refractivity contribution is -0.133. The molecule has 2 aromatic heterocycles. The van der Waals surface area contributed by atoms with E-state index in [1.807, 2.05) is 52.1 Å². The highest BCUT2D eigenvalue weighted by Crippen LogP contribution is 2.50. The fraction of sp³-hybridized carbons (Fsp3) is 0.417. The first-order valence-electron chi connectivity index (χ1n) is 16.4. The number of aromatic nitrogens is 3. The van der Waals surface area contributed by atoms with E-state index >= 15 is 0 Å². The Morgan fingerprint density at radius 2 is 1.86 bits per heavy atom. The average Bonchev–Trinajstić information content (AvgIpc) is 3.70. The van der Waals surface area contributed by atoms with E-state index in [4.69, 9.17) is 14.2 Å². The van der Waals surface area contributed by atoms with E-state index in [-0.39, 0.29) is 23.3 Å². The molecule has 2 amide bonds. The van der Waals surface area contributed by atoms with Gasteiger partial charge in [-0.25, -0.2) is 0 Å². The fourth-order valence-corrected chi connectivity index (χ4v) is 7.57. The maximum atomic E-state index is 14.3. The van der Waals surface area contributed by atoms with Gasteiger partial charge in [0.15, 0.2) is 23.0 Å². The molecular weight excluding hydrogens is 644 g/mol. The highest BCUT2D eigenvalue weighted by molar-refractivity contribution is 7.98. The summed E-state index contributed by atoms with van der Waals surface area (Å²) in [5.41, 5.74) is 3.81. The summed E-state index contributed by atoms with van der Waals surface area (Å²) in [6, 6.07) is 11.5. The molecule has 4 aromatic rings. The largest absolute Gasteiger partial charge is 0.493 e. The molecule has 13 heteroatoms. The number of nitrogens with one attached hydrogen (secondary N) is 2. The Balaban J connectivity index is 1.41. The monoisotopic (exact) mass is 686 g/mol. The van der Waals surface area contributed by atoms with Crippen molar-refractivity contribution in [1.82, 2.24) is 24.8 Å². The number of methoxy groups -OCH3 is 3. The molecule has 1 fully saturated rings. The molecule has 1 unspecified atom stereocenters. The minimum Gasteiger partial charge on any atom is -0.493 e. The Kier molecular flexibility index (Phi) is 10.3. The summed E-state index contributed by atoms with van der Waals surface area (Å²) in [4.78, 5) is 42.7. The topological polar surface area (TPSA) is 136 Å². The summed E-state index contributed by atoms with van der Waals surface area (Å²) >= 11 is 1.64. The van der Waals surface area contributed by atoms with Crippen molar-refractivity contribution in [2.75, 3.05) is 45.2 Å². The molecule has 2 aromatic carbocycles. The second-order valence-corrected chi connectivity index (χ2v) is 13.2. The first-order chi connectivity index (χ1) is 23.8. The zero-order valence-electron chi connectivity index (χ0n) is 28.4.